The Kier molecular flexibility index (Phi) is 10.5. The van der Waals surface area contributed by atoms with Gasteiger partial charge in [-0.15, -0.1) is 0 Å². The number of anilines is 2. The minimum absolute atomic E-state index is 0.0530. The van der Waals surface area contributed by atoms with Gasteiger partial charge in [-0.2, -0.15) is 0 Å². The minimum Gasteiger partial charge on any atom is -0.274 e. The standard InChI is InChI=1S/C59H62N2O4/c1-9-38-11-15-40(16-12-38)19-23-58-25-21-44(32-58)48-50(58)56(64)60(54(48)62)52-36(7)27-42(30-46(52)34(3)4)29-43-28-37(8)53(47(31-43)35(5)6)61-55(63)49-45-22-26-59(33-45,51(49)57(61)65)24-20-41-17-13-39(10-2)14-18-41/h9-18,21-22,25-28,30-31,34-35,44-45,48-51H,1-2,19-20,23-24,29,32-33H2,3-8H3. The van der Waals surface area contributed by atoms with Crippen LogP contribution >= 0.6 is 0 Å². The fraction of sp³-hybridized carbons (Fsp3) is 0.390. The van der Waals surface area contributed by atoms with Crippen molar-refractivity contribution >= 4 is 47.2 Å². The Morgan fingerprint density at radius 1 is 0.569 bits per heavy atom. The van der Waals surface area contributed by atoms with Crippen molar-refractivity contribution in [2.24, 2.45) is 46.3 Å². The molecule has 8 unspecified atom stereocenters. The maximum absolute atomic E-state index is 14.8. The summed E-state index contributed by atoms with van der Waals surface area (Å²) in [4.78, 5) is 61.7. The van der Waals surface area contributed by atoms with E-state index in [9.17, 15) is 19.2 Å². The molecule has 6 nitrogen and oxygen atoms in total. The van der Waals surface area contributed by atoms with Crippen molar-refractivity contribution in [3.8, 4) is 0 Å². The van der Waals surface area contributed by atoms with Crippen LogP contribution in [0.1, 0.15) is 121 Å². The highest BCUT2D eigenvalue weighted by Crippen LogP contribution is 2.64. The number of benzene rings is 4. The lowest BCUT2D eigenvalue weighted by atomic mass is 9.71. The second kappa shape index (κ2) is 15.9. The number of carbonyl (C=O) groups is 4. The van der Waals surface area contributed by atoms with Crippen molar-refractivity contribution in [1.82, 2.24) is 0 Å². The lowest BCUT2D eigenvalue weighted by Gasteiger charge is -2.31. The molecule has 332 valence electrons. The highest BCUT2D eigenvalue weighted by molar-refractivity contribution is 6.24. The Hall–Kier alpha value is -5.88. The third kappa shape index (κ3) is 6.80. The van der Waals surface area contributed by atoms with E-state index < -0.39 is 0 Å². The van der Waals surface area contributed by atoms with E-state index in [0.717, 1.165) is 94.4 Å². The average Bonchev–Trinajstić information content (AvgIpc) is 4.14. The fourth-order valence-electron chi connectivity index (χ4n) is 13.4. The molecule has 4 bridgehead atoms. The highest BCUT2D eigenvalue weighted by Gasteiger charge is 2.67. The van der Waals surface area contributed by atoms with Crippen LogP contribution in [-0.4, -0.2) is 23.6 Å². The third-order valence-corrected chi connectivity index (χ3v) is 16.5. The van der Waals surface area contributed by atoms with Crippen molar-refractivity contribution in [2.75, 3.05) is 9.80 Å². The van der Waals surface area contributed by atoms with E-state index in [1.54, 1.807) is 9.80 Å². The van der Waals surface area contributed by atoms with E-state index >= 15 is 0 Å². The number of hydrogen-bond acceptors (Lipinski definition) is 4. The Labute approximate surface area is 385 Å². The molecule has 4 aliphatic carbocycles. The van der Waals surface area contributed by atoms with Gasteiger partial charge in [-0.3, -0.25) is 19.2 Å². The Bertz CT molecular complexity index is 2550. The van der Waals surface area contributed by atoms with E-state index in [0.29, 0.717) is 6.42 Å². The first-order valence-corrected chi connectivity index (χ1v) is 24.0. The molecule has 6 aliphatic rings. The molecule has 0 radical (unpaired) electrons. The maximum atomic E-state index is 14.8. The number of rotatable bonds is 14. The number of fused-ring (bicyclic) bond motifs is 10. The van der Waals surface area contributed by atoms with Crippen molar-refractivity contribution in [3.05, 3.63) is 166 Å². The van der Waals surface area contributed by atoms with Crippen LogP contribution < -0.4 is 9.80 Å². The molecule has 4 aromatic rings. The van der Waals surface area contributed by atoms with Gasteiger partial charge in [-0.25, -0.2) is 9.80 Å². The smallest absolute Gasteiger partial charge is 0.238 e. The molecule has 2 aliphatic heterocycles. The summed E-state index contributed by atoms with van der Waals surface area (Å²) in [5.41, 5.74) is 11.5. The summed E-state index contributed by atoms with van der Waals surface area (Å²) < 4.78 is 0. The molecule has 4 aromatic carbocycles. The van der Waals surface area contributed by atoms with Crippen LogP contribution in [0.15, 0.2) is 110 Å². The predicted molar refractivity (Wildman–Crippen MR) is 261 cm³/mol. The first kappa shape index (κ1) is 43.0. The maximum Gasteiger partial charge on any atom is 0.238 e. The molecule has 4 amide bonds. The van der Waals surface area contributed by atoms with Gasteiger partial charge in [0.15, 0.2) is 0 Å². The summed E-state index contributed by atoms with van der Waals surface area (Å²) in [5, 5.41) is 0. The zero-order valence-corrected chi connectivity index (χ0v) is 38.9. The Morgan fingerprint density at radius 3 is 1.31 bits per heavy atom. The largest absolute Gasteiger partial charge is 0.274 e. The molecule has 4 fully saturated rings. The molecule has 0 aromatic heterocycles. The van der Waals surface area contributed by atoms with Crippen molar-refractivity contribution in [1.29, 1.82) is 0 Å². The molecule has 2 saturated carbocycles. The van der Waals surface area contributed by atoms with E-state index in [4.69, 9.17) is 0 Å². The van der Waals surface area contributed by atoms with Crippen LogP contribution in [0.4, 0.5) is 11.4 Å². The predicted octanol–water partition coefficient (Wildman–Crippen LogP) is 12.1. The summed E-state index contributed by atoms with van der Waals surface area (Å²) in [7, 11) is 0. The molecule has 10 rings (SSSR count). The van der Waals surface area contributed by atoms with Gasteiger partial charge in [0.1, 0.15) is 0 Å². The minimum atomic E-state index is -0.348. The molecule has 2 saturated heterocycles. The van der Waals surface area contributed by atoms with E-state index in [1.165, 1.54) is 11.1 Å². The normalized spacial score (nSPS) is 28.2. The van der Waals surface area contributed by atoms with Gasteiger partial charge in [0.2, 0.25) is 23.6 Å². The van der Waals surface area contributed by atoms with Gasteiger partial charge in [-0.05, 0) is 138 Å². The summed E-state index contributed by atoms with van der Waals surface area (Å²) in [6, 6.07) is 25.6. The lowest BCUT2D eigenvalue weighted by Crippen LogP contribution is -2.37. The molecule has 2 heterocycles. The van der Waals surface area contributed by atoms with E-state index in [1.807, 2.05) is 26.0 Å². The van der Waals surface area contributed by atoms with Gasteiger partial charge < -0.3 is 0 Å². The van der Waals surface area contributed by atoms with Gasteiger partial charge >= 0.3 is 0 Å². The number of aryl methyl sites for hydroxylation is 4. The number of amides is 4. The topological polar surface area (TPSA) is 74.8 Å². The molecule has 65 heavy (non-hydrogen) atoms. The van der Waals surface area contributed by atoms with Gasteiger partial charge in [0, 0.05) is 10.8 Å². The molecule has 6 heteroatoms. The quantitative estimate of drug-likeness (QED) is 0.0935. The zero-order valence-electron chi connectivity index (χ0n) is 38.9. The van der Waals surface area contributed by atoms with Crippen molar-refractivity contribution in [2.45, 2.75) is 98.3 Å². The fourth-order valence-corrected chi connectivity index (χ4v) is 13.4. The van der Waals surface area contributed by atoms with Crippen LogP contribution in [0.3, 0.4) is 0 Å². The number of imide groups is 2. The molecule has 0 spiro atoms. The van der Waals surface area contributed by atoms with Crippen LogP contribution in [-0.2, 0) is 38.4 Å². The van der Waals surface area contributed by atoms with Crippen LogP contribution in [0.2, 0.25) is 0 Å². The van der Waals surface area contributed by atoms with Crippen molar-refractivity contribution in [3.63, 3.8) is 0 Å². The summed E-state index contributed by atoms with van der Waals surface area (Å²) in [6.07, 6.45) is 18.3. The van der Waals surface area contributed by atoms with Crippen LogP contribution in [0, 0.1) is 60.2 Å². The first-order valence-electron chi connectivity index (χ1n) is 24.0. The van der Waals surface area contributed by atoms with E-state index in [-0.39, 0.29) is 81.8 Å². The Balaban J connectivity index is 0.906. The highest BCUT2D eigenvalue weighted by atomic mass is 16.2. The SMILES string of the molecule is C=Cc1ccc(CCC23C=CC(C2)C2C(=O)N(c4c(C)cc(Cc5cc(C)c(N6C(=O)C7C8C=CC(CCc9ccc(C=C)cc9)(C8)C7C6=O)c(C(C)C)c5)cc4C(C)C)C(=O)C23)cc1. The first-order chi connectivity index (χ1) is 31.2. The Morgan fingerprint density at radius 2 is 0.954 bits per heavy atom. The molecule has 8 atom stereocenters. The number of allylic oxidation sites excluding steroid dienone is 4. The third-order valence-electron chi connectivity index (χ3n) is 16.5. The zero-order chi connectivity index (χ0) is 45.7. The van der Waals surface area contributed by atoms with Crippen LogP contribution in [0.25, 0.3) is 12.2 Å². The van der Waals surface area contributed by atoms with Gasteiger partial charge in [0.25, 0.3) is 0 Å². The monoisotopic (exact) mass is 862 g/mol. The molecule has 0 N–H and O–H groups in total. The number of nitrogens with zero attached hydrogens (tertiary/aromatic N) is 2. The number of hydrogen-bond donors (Lipinski definition) is 0. The number of carbonyl (C=O) groups excluding carboxylic acids is 4. The van der Waals surface area contributed by atoms with Crippen molar-refractivity contribution < 1.29 is 19.2 Å². The van der Waals surface area contributed by atoms with Gasteiger partial charge in [0.05, 0.1) is 35.0 Å². The van der Waals surface area contributed by atoms with E-state index in [2.05, 4.69) is 138 Å². The molecular formula is C59H62N2O4. The second-order valence-corrected chi connectivity index (χ2v) is 21.0. The van der Waals surface area contributed by atoms with Crippen LogP contribution in [0.5, 0.6) is 0 Å². The summed E-state index contributed by atoms with van der Waals surface area (Å²) >= 11 is 0. The average molecular weight is 863 g/mol. The summed E-state index contributed by atoms with van der Waals surface area (Å²) in [6.45, 7) is 20.4. The lowest BCUT2D eigenvalue weighted by molar-refractivity contribution is -0.125. The summed E-state index contributed by atoms with van der Waals surface area (Å²) in [5.74, 6) is -1.26. The molecular weight excluding hydrogens is 801 g/mol. The second-order valence-electron chi connectivity index (χ2n) is 21.0. The van der Waals surface area contributed by atoms with Gasteiger partial charge in [-0.1, -0.05) is 150 Å².